The van der Waals surface area contributed by atoms with Gasteiger partial charge in [-0.1, -0.05) is 13.8 Å². The van der Waals surface area contributed by atoms with Crippen LogP contribution in [0.4, 0.5) is 4.39 Å². The number of Topliss-reactive ketones (excluding diaryl/α,β-unsaturated/α-hetero) is 1. The van der Waals surface area contributed by atoms with Crippen molar-refractivity contribution in [2.45, 2.75) is 20.8 Å². The molecule has 0 aliphatic heterocycles. The molecule has 0 atom stereocenters. The molecule has 3 nitrogen and oxygen atoms in total. The van der Waals surface area contributed by atoms with Gasteiger partial charge in [0.05, 0.1) is 6.54 Å². The molecule has 0 bridgehead atoms. The molecule has 0 unspecified atom stereocenters. The summed E-state index contributed by atoms with van der Waals surface area (Å²) in [4.78, 5) is 23.0. The molecule has 1 N–H and O–H groups in total. The van der Waals surface area contributed by atoms with E-state index < -0.39 is 0 Å². The average molecular weight is 237 g/mol. The van der Waals surface area contributed by atoms with E-state index in [9.17, 15) is 14.0 Å². The largest absolute Gasteiger partial charge is 0.345 e. The number of amides is 1. The molecule has 0 spiro atoms. The summed E-state index contributed by atoms with van der Waals surface area (Å²) < 4.78 is 13.0. The van der Waals surface area contributed by atoms with Crippen LogP contribution in [0.3, 0.4) is 0 Å². The molecular formula is C13H16FNO2. The van der Waals surface area contributed by atoms with E-state index in [2.05, 4.69) is 5.32 Å². The summed E-state index contributed by atoms with van der Waals surface area (Å²) in [5.41, 5.74) is 0.772. The number of ketones is 1. The molecule has 17 heavy (non-hydrogen) atoms. The van der Waals surface area contributed by atoms with Crippen molar-refractivity contribution in [1.29, 1.82) is 0 Å². The molecule has 4 heteroatoms. The second-order valence-corrected chi connectivity index (χ2v) is 4.27. The molecule has 1 amide bonds. The van der Waals surface area contributed by atoms with Gasteiger partial charge in [0, 0.05) is 11.5 Å². The lowest BCUT2D eigenvalue weighted by atomic mass is 10.1. The van der Waals surface area contributed by atoms with E-state index in [0.29, 0.717) is 11.1 Å². The number of carbonyl (C=O) groups excluding carboxylic acids is 2. The summed E-state index contributed by atoms with van der Waals surface area (Å²) in [5, 5.41) is 2.52. The summed E-state index contributed by atoms with van der Waals surface area (Å²) in [6.07, 6.45) is 0. The van der Waals surface area contributed by atoms with Crippen LogP contribution in [0.15, 0.2) is 18.2 Å². The van der Waals surface area contributed by atoms with E-state index in [1.807, 2.05) is 0 Å². The Bertz CT molecular complexity index is 441. The van der Waals surface area contributed by atoms with Gasteiger partial charge in [-0.2, -0.15) is 0 Å². The number of halogens is 1. The SMILES string of the molecule is Cc1cc(C(=O)NCC(=O)C(C)C)ccc1F. The van der Waals surface area contributed by atoms with Gasteiger partial charge in [0.1, 0.15) is 5.82 Å². The maximum atomic E-state index is 13.0. The van der Waals surface area contributed by atoms with Crippen LogP contribution in [0, 0.1) is 18.7 Å². The molecule has 0 radical (unpaired) electrons. The summed E-state index contributed by atoms with van der Waals surface area (Å²) in [7, 11) is 0. The highest BCUT2D eigenvalue weighted by molar-refractivity contribution is 5.97. The van der Waals surface area contributed by atoms with Crippen molar-refractivity contribution in [3.8, 4) is 0 Å². The first kappa shape index (κ1) is 13.4. The third kappa shape index (κ3) is 3.66. The van der Waals surface area contributed by atoms with Gasteiger partial charge in [0.15, 0.2) is 5.78 Å². The first-order chi connectivity index (χ1) is 7.91. The molecule has 1 rings (SSSR count). The van der Waals surface area contributed by atoms with Crippen LogP contribution >= 0.6 is 0 Å². The van der Waals surface area contributed by atoms with Gasteiger partial charge < -0.3 is 5.32 Å². The quantitative estimate of drug-likeness (QED) is 0.871. The molecule has 0 aromatic heterocycles. The number of hydrogen-bond acceptors (Lipinski definition) is 2. The zero-order valence-corrected chi connectivity index (χ0v) is 10.2. The number of carbonyl (C=O) groups is 2. The summed E-state index contributed by atoms with van der Waals surface area (Å²) in [5.74, 6) is -0.843. The zero-order chi connectivity index (χ0) is 13.0. The van der Waals surface area contributed by atoms with Crippen molar-refractivity contribution < 1.29 is 14.0 Å². The normalized spacial score (nSPS) is 10.4. The minimum absolute atomic E-state index is 0.00687. The first-order valence-corrected chi connectivity index (χ1v) is 5.49. The van der Waals surface area contributed by atoms with Crippen molar-refractivity contribution in [1.82, 2.24) is 5.32 Å². The van der Waals surface area contributed by atoms with Crippen LogP contribution in [0.5, 0.6) is 0 Å². The van der Waals surface area contributed by atoms with Gasteiger partial charge in [-0.05, 0) is 30.7 Å². The lowest BCUT2D eigenvalue weighted by Crippen LogP contribution is -2.31. The maximum Gasteiger partial charge on any atom is 0.251 e. The van der Waals surface area contributed by atoms with Crippen LogP contribution in [-0.4, -0.2) is 18.2 Å². The van der Waals surface area contributed by atoms with Crippen LogP contribution in [0.2, 0.25) is 0 Å². The molecular weight excluding hydrogens is 221 g/mol. The Morgan fingerprint density at radius 2 is 2.00 bits per heavy atom. The van der Waals surface area contributed by atoms with E-state index in [-0.39, 0.29) is 30.0 Å². The minimum atomic E-state index is -0.359. The Hall–Kier alpha value is -1.71. The standard InChI is InChI=1S/C13H16FNO2/c1-8(2)12(16)7-15-13(17)10-4-5-11(14)9(3)6-10/h4-6,8H,7H2,1-3H3,(H,15,17). The number of rotatable bonds is 4. The highest BCUT2D eigenvalue weighted by Gasteiger charge is 2.11. The van der Waals surface area contributed by atoms with E-state index in [1.54, 1.807) is 20.8 Å². The van der Waals surface area contributed by atoms with Crippen LogP contribution in [0.25, 0.3) is 0 Å². The highest BCUT2D eigenvalue weighted by Crippen LogP contribution is 2.09. The number of nitrogens with one attached hydrogen (secondary N) is 1. The summed E-state index contributed by atoms with van der Waals surface area (Å²) >= 11 is 0. The Balaban J connectivity index is 2.64. The second-order valence-electron chi connectivity index (χ2n) is 4.27. The van der Waals surface area contributed by atoms with Crippen LogP contribution in [-0.2, 0) is 4.79 Å². The monoisotopic (exact) mass is 237 g/mol. The average Bonchev–Trinajstić information content (AvgIpc) is 2.28. The first-order valence-electron chi connectivity index (χ1n) is 5.49. The van der Waals surface area contributed by atoms with Gasteiger partial charge in [-0.25, -0.2) is 4.39 Å². The third-order valence-electron chi connectivity index (χ3n) is 2.49. The van der Waals surface area contributed by atoms with Crippen molar-refractivity contribution >= 4 is 11.7 Å². The maximum absolute atomic E-state index is 13.0. The smallest absolute Gasteiger partial charge is 0.251 e. The predicted molar refractivity (Wildman–Crippen MR) is 63.3 cm³/mol. The molecule has 92 valence electrons. The fraction of sp³-hybridized carbons (Fsp3) is 0.385. The van der Waals surface area contributed by atoms with E-state index in [4.69, 9.17) is 0 Å². The van der Waals surface area contributed by atoms with Crippen LogP contribution in [0.1, 0.15) is 29.8 Å². The zero-order valence-electron chi connectivity index (χ0n) is 10.2. The molecule has 0 heterocycles. The number of aryl methyl sites for hydroxylation is 1. The topological polar surface area (TPSA) is 46.2 Å². The van der Waals surface area contributed by atoms with E-state index in [1.165, 1.54) is 18.2 Å². The minimum Gasteiger partial charge on any atom is -0.345 e. The Morgan fingerprint density at radius 1 is 1.35 bits per heavy atom. The lowest BCUT2D eigenvalue weighted by Gasteiger charge is -2.07. The highest BCUT2D eigenvalue weighted by atomic mass is 19.1. The van der Waals surface area contributed by atoms with Gasteiger partial charge in [-0.15, -0.1) is 0 Å². The molecule has 0 saturated carbocycles. The van der Waals surface area contributed by atoms with Crippen molar-refractivity contribution in [2.75, 3.05) is 6.54 Å². The molecule has 1 aromatic rings. The van der Waals surface area contributed by atoms with E-state index >= 15 is 0 Å². The van der Waals surface area contributed by atoms with Crippen LogP contribution < -0.4 is 5.32 Å². The van der Waals surface area contributed by atoms with Gasteiger partial charge in [0.2, 0.25) is 0 Å². The van der Waals surface area contributed by atoms with Gasteiger partial charge in [-0.3, -0.25) is 9.59 Å². The van der Waals surface area contributed by atoms with E-state index in [0.717, 1.165) is 0 Å². The second kappa shape index (κ2) is 5.57. The van der Waals surface area contributed by atoms with Gasteiger partial charge in [0.25, 0.3) is 5.91 Å². The van der Waals surface area contributed by atoms with Crippen molar-refractivity contribution in [3.63, 3.8) is 0 Å². The predicted octanol–water partition coefficient (Wildman–Crippen LogP) is 2.09. The van der Waals surface area contributed by atoms with Crippen molar-refractivity contribution in [2.24, 2.45) is 5.92 Å². The summed E-state index contributed by atoms with van der Waals surface area (Å²) in [6.45, 7) is 5.14. The Labute approximate surface area is 100 Å². The fourth-order valence-corrected chi connectivity index (χ4v) is 1.26. The molecule has 1 aromatic carbocycles. The Kier molecular flexibility index (Phi) is 4.37. The van der Waals surface area contributed by atoms with Gasteiger partial charge >= 0.3 is 0 Å². The molecule has 0 fully saturated rings. The number of benzene rings is 1. The third-order valence-corrected chi connectivity index (χ3v) is 2.49. The number of hydrogen-bond donors (Lipinski definition) is 1. The molecule has 0 aliphatic rings. The summed E-state index contributed by atoms with van der Waals surface area (Å²) in [6, 6.07) is 4.11. The lowest BCUT2D eigenvalue weighted by molar-refractivity contribution is -0.120. The molecule has 0 aliphatic carbocycles. The fourth-order valence-electron chi connectivity index (χ4n) is 1.26. The Morgan fingerprint density at radius 3 is 2.53 bits per heavy atom. The van der Waals surface area contributed by atoms with Crippen molar-refractivity contribution in [3.05, 3.63) is 35.1 Å². The molecule has 0 saturated heterocycles.